The minimum Gasteiger partial charge on any atom is -0.497 e. The molecule has 2 amide bonds. The smallest absolute Gasteiger partial charge is 0.254 e. The molecular weight excluding hydrogens is 390 g/mol. The van der Waals surface area contributed by atoms with Crippen LogP contribution in [0.5, 0.6) is 5.75 Å². The molecule has 158 valence electrons. The van der Waals surface area contributed by atoms with E-state index in [0.717, 1.165) is 22.6 Å². The summed E-state index contributed by atoms with van der Waals surface area (Å²) in [6.07, 6.45) is 2.39. The van der Waals surface area contributed by atoms with Crippen LogP contribution in [0.3, 0.4) is 0 Å². The normalized spacial score (nSPS) is 17.7. The lowest BCUT2D eigenvalue weighted by Crippen LogP contribution is -2.46. The van der Waals surface area contributed by atoms with Crippen LogP contribution in [0, 0.1) is 0 Å². The van der Waals surface area contributed by atoms with E-state index in [-0.39, 0.29) is 11.8 Å². The van der Waals surface area contributed by atoms with Crippen LogP contribution in [0.4, 0.5) is 0 Å². The number of fused-ring (bicyclic) bond motifs is 1. The number of aromatic nitrogens is 1. The summed E-state index contributed by atoms with van der Waals surface area (Å²) in [5.74, 6) is 0.0128. The van der Waals surface area contributed by atoms with Crippen LogP contribution in [-0.2, 0) is 11.2 Å². The van der Waals surface area contributed by atoms with Gasteiger partial charge in [0.05, 0.1) is 19.1 Å². The molecule has 4 rings (SSSR count). The summed E-state index contributed by atoms with van der Waals surface area (Å²) in [4.78, 5) is 32.4. The van der Waals surface area contributed by atoms with E-state index in [1.54, 1.807) is 31.3 Å². The summed E-state index contributed by atoms with van der Waals surface area (Å²) in [5.41, 5.74) is 3.13. The monoisotopic (exact) mass is 415 g/mol. The van der Waals surface area contributed by atoms with Crippen LogP contribution in [0.1, 0.15) is 39.1 Å². The number of pyridine rings is 1. The van der Waals surface area contributed by atoms with Crippen molar-refractivity contribution < 1.29 is 14.3 Å². The van der Waals surface area contributed by atoms with Crippen LogP contribution < -0.4 is 10.1 Å². The first-order chi connectivity index (χ1) is 15.1. The van der Waals surface area contributed by atoms with Crippen molar-refractivity contribution in [2.45, 2.75) is 18.4 Å². The zero-order chi connectivity index (χ0) is 21.8. The zero-order valence-corrected chi connectivity index (χ0v) is 17.6. The van der Waals surface area contributed by atoms with E-state index < -0.39 is 12.0 Å². The lowest BCUT2D eigenvalue weighted by molar-refractivity contribution is -0.124. The van der Waals surface area contributed by atoms with Gasteiger partial charge in [-0.2, -0.15) is 0 Å². The van der Waals surface area contributed by atoms with Crippen LogP contribution in [0.25, 0.3) is 0 Å². The number of benzene rings is 2. The fraction of sp³-hybridized carbons (Fsp3) is 0.240. The van der Waals surface area contributed by atoms with E-state index in [1.807, 2.05) is 60.7 Å². The summed E-state index contributed by atoms with van der Waals surface area (Å²) in [7, 11) is 3.36. The predicted molar refractivity (Wildman–Crippen MR) is 118 cm³/mol. The van der Waals surface area contributed by atoms with Crippen LogP contribution >= 0.6 is 0 Å². The first-order valence-corrected chi connectivity index (χ1v) is 10.3. The van der Waals surface area contributed by atoms with Gasteiger partial charge in [-0.1, -0.05) is 36.4 Å². The van der Waals surface area contributed by atoms with Gasteiger partial charge < -0.3 is 15.0 Å². The number of amides is 2. The number of hydrogen-bond acceptors (Lipinski definition) is 4. The molecule has 0 saturated heterocycles. The molecule has 6 heteroatoms. The molecule has 1 N–H and O–H groups in total. The predicted octanol–water partition coefficient (Wildman–Crippen LogP) is 3.36. The van der Waals surface area contributed by atoms with E-state index in [9.17, 15) is 9.59 Å². The third-order valence-corrected chi connectivity index (χ3v) is 5.73. The number of nitrogens with zero attached hydrogens (tertiary/aromatic N) is 2. The number of likely N-dealkylation sites (N-methyl/N-ethyl adjacent to an activating group) is 1. The van der Waals surface area contributed by atoms with Crippen molar-refractivity contribution in [2.24, 2.45) is 0 Å². The van der Waals surface area contributed by atoms with Crippen molar-refractivity contribution in [3.63, 3.8) is 0 Å². The maximum atomic E-state index is 13.4. The van der Waals surface area contributed by atoms with Gasteiger partial charge in [-0.15, -0.1) is 0 Å². The number of rotatable bonds is 6. The molecule has 0 spiro atoms. The van der Waals surface area contributed by atoms with Crippen molar-refractivity contribution in [3.05, 3.63) is 95.3 Å². The molecule has 0 unspecified atom stereocenters. The highest BCUT2D eigenvalue weighted by Crippen LogP contribution is 2.42. The molecule has 6 nitrogen and oxygen atoms in total. The Morgan fingerprint density at radius 2 is 1.81 bits per heavy atom. The second-order valence-corrected chi connectivity index (χ2v) is 7.56. The number of ether oxygens (including phenoxy) is 1. The lowest BCUT2D eigenvalue weighted by atomic mass is 9.79. The van der Waals surface area contributed by atoms with Gasteiger partial charge in [0, 0.05) is 37.5 Å². The summed E-state index contributed by atoms with van der Waals surface area (Å²) in [5, 5.41) is 3.06. The Bertz CT molecular complexity index is 1070. The Kier molecular flexibility index (Phi) is 5.98. The summed E-state index contributed by atoms with van der Waals surface area (Å²) in [6.45, 7) is 0.474. The van der Waals surface area contributed by atoms with Crippen LogP contribution in [0.2, 0.25) is 0 Å². The molecular formula is C25H25N3O3. The van der Waals surface area contributed by atoms with Gasteiger partial charge in [-0.3, -0.25) is 14.6 Å². The Labute approximate surface area is 181 Å². The molecule has 1 aromatic heterocycles. The minimum atomic E-state index is -0.518. The maximum Gasteiger partial charge on any atom is 0.254 e. The number of nitrogens with one attached hydrogen (secondary N) is 1. The number of carbonyl (C=O) groups excluding carboxylic acids is 2. The third-order valence-electron chi connectivity index (χ3n) is 5.73. The van der Waals surface area contributed by atoms with Crippen molar-refractivity contribution in [2.75, 3.05) is 20.7 Å². The van der Waals surface area contributed by atoms with E-state index in [1.165, 1.54) is 0 Å². The Morgan fingerprint density at radius 1 is 1.06 bits per heavy atom. The van der Waals surface area contributed by atoms with E-state index >= 15 is 0 Å². The Hall–Kier alpha value is -3.67. The summed E-state index contributed by atoms with van der Waals surface area (Å²) >= 11 is 0. The van der Waals surface area contributed by atoms with Gasteiger partial charge in [0.15, 0.2) is 0 Å². The second-order valence-electron chi connectivity index (χ2n) is 7.56. The van der Waals surface area contributed by atoms with E-state index in [0.29, 0.717) is 18.5 Å². The molecule has 0 saturated carbocycles. The molecule has 2 aromatic carbocycles. The first kappa shape index (κ1) is 20.6. The standard InChI is InChI=1S/C25H25N3O3/c1-28-23(17-10-12-19(31-2)13-11-17)22(20-8-3-4-9-21(20)25(28)30)24(29)27-16-14-18-7-5-6-15-26-18/h3-13,15,22-23H,14,16H2,1-2H3,(H,27,29)/t22-,23+/m1/s1. The van der Waals surface area contributed by atoms with Gasteiger partial charge in [-0.25, -0.2) is 0 Å². The molecule has 0 fully saturated rings. The molecule has 1 aliphatic heterocycles. The molecule has 0 radical (unpaired) electrons. The van der Waals surface area contributed by atoms with Crippen molar-refractivity contribution >= 4 is 11.8 Å². The van der Waals surface area contributed by atoms with Crippen LogP contribution in [-0.4, -0.2) is 42.4 Å². The second kappa shape index (κ2) is 9.00. The molecule has 2 atom stereocenters. The zero-order valence-electron chi connectivity index (χ0n) is 17.6. The summed E-state index contributed by atoms with van der Waals surface area (Å²) < 4.78 is 5.26. The number of carbonyl (C=O) groups is 2. The maximum absolute atomic E-state index is 13.4. The van der Waals surface area contributed by atoms with Gasteiger partial charge in [0.1, 0.15) is 5.75 Å². The Balaban J connectivity index is 1.64. The molecule has 0 bridgehead atoms. The third kappa shape index (κ3) is 4.14. The highest BCUT2D eigenvalue weighted by atomic mass is 16.5. The molecule has 31 heavy (non-hydrogen) atoms. The molecule has 3 aromatic rings. The fourth-order valence-electron chi connectivity index (χ4n) is 4.14. The lowest BCUT2D eigenvalue weighted by Gasteiger charge is -2.39. The first-order valence-electron chi connectivity index (χ1n) is 10.3. The Morgan fingerprint density at radius 3 is 2.52 bits per heavy atom. The fourth-order valence-corrected chi connectivity index (χ4v) is 4.14. The van der Waals surface area contributed by atoms with Gasteiger partial charge in [0.2, 0.25) is 5.91 Å². The summed E-state index contributed by atoms with van der Waals surface area (Å²) in [6, 6.07) is 20.2. The number of methoxy groups -OCH3 is 1. The van der Waals surface area contributed by atoms with Gasteiger partial charge >= 0.3 is 0 Å². The average molecular weight is 415 g/mol. The van der Waals surface area contributed by atoms with Gasteiger partial charge in [0.25, 0.3) is 5.91 Å². The largest absolute Gasteiger partial charge is 0.497 e. The topological polar surface area (TPSA) is 71.5 Å². The quantitative estimate of drug-likeness (QED) is 0.670. The van der Waals surface area contributed by atoms with E-state index in [4.69, 9.17) is 4.74 Å². The molecule has 1 aliphatic rings. The highest BCUT2D eigenvalue weighted by molar-refractivity contribution is 6.01. The number of hydrogen-bond donors (Lipinski definition) is 1. The van der Waals surface area contributed by atoms with Crippen molar-refractivity contribution in [3.8, 4) is 5.75 Å². The van der Waals surface area contributed by atoms with Crippen LogP contribution in [0.15, 0.2) is 72.9 Å². The molecule has 0 aliphatic carbocycles. The van der Waals surface area contributed by atoms with Crippen molar-refractivity contribution in [1.29, 1.82) is 0 Å². The van der Waals surface area contributed by atoms with Crippen molar-refractivity contribution in [1.82, 2.24) is 15.2 Å². The van der Waals surface area contributed by atoms with E-state index in [2.05, 4.69) is 10.3 Å². The SMILES string of the molecule is COc1ccc([C@H]2[C@H](C(=O)NCCc3ccccn3)c3ccccc3C(=O)N2C)cc1. The van der Waals surface area contributed by atoms with Gasteiger partial charge in [-0.05, 0) is 41.5 Å². The highest BCUT2D eigenvalue weighted by Gasteiger charge is 2.42. The average Bonchev–Trinajstić information content (AvgIpc) is 2.82. The minimum absolute atomic E-state index is 0.0889. The molecule has 2 heterocycles.